The highest BCUT2D eigenvalue weighted by Gasteiger charge is 2.19. The minimum Gasteiger partial charge on any atom is -0.275 e. The molecule has 0 saturated carbocycles. The molecule has 2 heterocycles. The van der Waals surface area contributed by atoms with Crippen LogP contribution in [0, 0.1) is 5.92 Å². The molecule has 10 rings (SSSR count). The molecule has 2 nitrogen and oxygen atoms in total. The van der Waals surface area contributed by atoms with Gasteiger partial charge in [-0.2, -0.15) is 0 Å². The summed E-state index contributed by atoms with van der Waals surface area (Å²) in [5, 5.41) is 10.4. The predicted octanol–water partition coefficient (Wildman–Crippen LogP) is 11.0. The molecular weight excluding hydrogens is 558 g/mol. The maximum Gasteiger partial charge on any atom is 0.263 e. The summed E-state index contributed by atoms with van der Waals surface area (Å²) in [6, 6.07) is 45.5. The highest BCUT2D eigenvalue weighted by atomic mass is 16.1. The normalized spacial score (nSPS) is 14.8. The molecule has 2 aromatic heterocycles. The second-order valence-corrected chi connectivity index (χ2v) is 12.9. The number of aromatic nitrogens is 1. The first-order chi connectivity index (χ1) is 22.6. The van der Waals surface area contributed by atoms with Crippen LogP contribution in [0.3, 0.4) is 0 Å². The lowest BCUT2D eigenvalue weighted by molar-refractivity contribution is 0.722. The van der Waals surface area contributed by atoms with Gasteiger partial charge in [0.15, 0.2) is 0 Å². The Kier molecular flexibility index (Phi) is 5.22. The lowest BCUT2D eigenvalue weighted by Gasteiger charge is -2.21. The lowest BCUT2D eigenvalue weighted by Crippen LogP contribution is -2.12. The van der Waals surface area contributed by atoms with E-state index < -0.39 is 0 Å². The Labute approximate surface area is 265 Å². The molecule has 0 amide bonds. The monoisotopic (exact) mass is 587 g/mol. The minimum atomic E-state index is 0.0371. The van der Waals surface area contributed by atoms with E-state index in [0.29, 0.717) is 5.92 Å². The van der Waals surface area contributed by atoms with Gasteiger partial charge in [0.1, 0.15) is 0 Å². The molecule has 0 bridgehead atoms. The molecule has 0 spiro atoms. The highest BCUT2D eigenvalue weighted by molar-refractivity contribution is 6.20. The topological polar surface area (TPSA) is 21.5 Å². The fraction of sp³-hybridized carbons (Fsp3) is 0.0682. The van der Waals surface area contributed by atoms with Gasteiger partial charge in [-0.15, -0.1) is 0 Å². The van der Waals surface area contributed by atoms with Crippen molar-refractivity contribution in [3.05, 3.63) is 155 Å². The van der Waals surface area contributed by atoms with Gasteiger partial charge in [0.2, 0.25) is 0 Å². The van der Waals surface area contributed by atoms with Crippen LogP contribution in [0.15, 0.2) is 138 Å². The number of nitrogens with zero attached hydrogens (tertiary/aromatic N) is 1. The molecule has 0 N–H and O–H groups in total. The van der Waals surface area contributed by atoms with Crippen LogP contribution < -0.4 is 5.56 Å². The zero-order chi connectivity index (χ0) is 30.5. The summed E-state index contributed by atoms with van der Waals surface area (Å²) in [5.41, 5.74) is 9.47. The summed E-state index contributed by atoms with van der Waals surface area (Å²) in [6.07, 6.45) is 5.76. The van der Waals surface area contributed by atoms with Crippen LogP contribution in [0.5, 0.6) is 0 Å². The smallest absolute Gasteiger partial charge is 0.263 e. The van der Waals surface area contributed by atoms with Crippen molar-refractivity contribution in [1.82, 2.24) is 4.40 Å². The maximum atomic E-state index is 13.9. The Bertz CT molecular complexity index is 2820. The van der Waals surface area contributed by atoms with E-state index in [1.807, 2.05) is 28.7 Å². The van der Waals surface area contributed by atoms with E-state index in [9.17, 15) is 4.79 Å². The number of benzene rings is 7. The van der Waals surface area contributed by atoms with E-state index in [1.165, 1.54) is 43.8 Å². The number of allylic oxidation sites excluding steroid dienone is 1. The summed E-state index contributed by atoms with van der Waals surface area (Å²) >= 11 is 0. The minimum absolute atomic E-state index is 0.0371. The zero-order valence-electron chi connectivity index (χ0n) is 25.4. The van der Waals surface area contributed by atoms with Gasteiger partial charge < -0.3 is 0 Å². The Hall–Kier alpha value is -5.73. The summed E-state index contributed by atoms with van der Waals surface area (Å²) < 4.78 is 1.90. The number of fused-ring (bicyclic) bond motifs is 11. The largest absolute Gasteiger partial charge is 0.275 e. The average molecular weight is 588 g/mol. The number of hydrogen-bond donors (Lipinski definition) is 0. The van der Waals surface area contributed by atoms with E-state index in [0.717, 1.165) is 55.5 Å². The van der Waals surface area contributed by atoms with Gasteiger partial charge in [-0.25, -0.2) is 0 Å². The third-order valence-electron chi connectivity index (χ3n) is 10.3. The van der Waals surface area contributed by atoms with Gasteiger partial charge in [0, 0.05) is 21.5 Å². The fourth-order valence-electron chi connectivity index (χ4n) is 8.11. The van der Waals surface area contributed by atoms with Gasteiger partial charge in [-0.1, -0.05) is 116 Å². The molecule has 1 aliphatic carbocycles. The van der Waals surface area contributed by atoms with E-state index in [1.54, 1.807) is 0 Å². The van der Waals surface area contributed by atoms with E-state index in [2.05, 4.69) is 122 Å². The van der Waals surface area contributed by atoms with E-state index >= 15 is 0 Å². The first kappa shape index (κ1) is 25.6. The summed E-state index contributed by atoms with van der Waals surface area (Å²) in [5.74, 6) is 0.551. The van der Waals surface area contributed by atoms with Crippen LogP contribution in [0.2, 0.25) is 0 Å². The standard InChI is InChI=1S/C44H29NO/c1-26-16-19-33-34-20-17-29(24-40(34)32-11-3-2-10-31(32)39(33)22-26)27-8-6-9-28(23-27)30-18-21-38-41(25-30)37-14-7-13-36-35-12-4-5-15-42(35)45(43(36)37)44(38)46/h2-21,23-26H,22H2,1H3. The Morgan fingerprint density at radius 2 is 1.11 bits per heavy atom. The molecule has 0 radical (unpaired) electrons. The molecule has 7 aromatic carbocycles. The van der Waals surface area contributed by atoms with E-state index in [4.69, 9.17) is 0 Å². The number of pyridine rings is 1. The third kappa shape index (κ3) is 3.50. The SMILES string of the molecule is CC1C=Cc2c(c3ccccc3c3cc(-c4cccc(-c5ccc6c(=O)n7c8ccccc8c8cccc(c6c5)c87)c4)ccc23)C1. The number of rotatable bonds is 2. The van der Waals surface area contributed by atoms with Crippen molar-refractivity contribution >= 4 is 65.6 Å². The molecule has 0 saturated heterocycles. The average Bonchev–Trinajstić information content (AvgIpc) is 3.45. The maximum absolute atomic E-state index is 13.9. The van der Waals surface area contributed by atoms with Crippen LogP contribution in [-0.2, 0) is 6.42 Å². The van der Waals surface area contributed by atoms with E-state index in [-0.39, 0.29) is 5.56 Å². The fourth-order valence-corrected chi connectivity index (χ4v) is 8.11. The Balaban J connectivity index is 1.15. The number of para-hydroxylation sites is 2. The van der Waals surface area contributed by atoms with Crippen molar-refractivity contribution in [2.75, 3.05) is 0 Å². The molecule has 216 valence electrons. The quantitative estimate of drug-likeness (QED) is 0.184. The second-order valence-electron chi connectivity index (χ2n) is 12.9. The summed E-state index contributed by atoms with van der Waals surface area (Å²) in [7, 11) is 0. The van der Waals surface area contributed by atoms with Gasteiger partial charge in [0.25, 0.3) is 5.56 Å². The summed E-state index contributed by atoms with van der Waals surface area (Å²) in [6.45, 7) is 2.30. The van der Waals surface area contributed by atoms with Crippen LogP contribution in [0.25, 0.3) is 87.8 Å². The molecule has 1 aliphatic rings. The van der Waals surface area contributed by atoms with Crippen molar-refractivity contribution in [2.24, 2.45) is 5.92 Å². The molecule has 0 fully saturated rings. The van der Waals surface area contributed by atoms with Crippen LogP contribution in [-0.4, -0.2) is 4.40 Å². The molecule has 2 heteroatoms. The van der Waals surface area contributed by atoms with Gasteiger partial charge in [-0.3, -0.25) is 9.20 Å². The predicted molar refractivity (Wildman–Crippen MR) is 195 cm³/mol. The first-order valence-corrected chi connectivity index (χ1v) is 16.1. The highest BCUT2D eigenvalue weighted by Crippen LogP contribution is 2.40. The van der Waals surface area contributed by atoms with Crippen molar-refractivity contribution in [3.63, 3.8) is 0 Å². The summed E-state index contributed by atoms with van der Waals surface area (Å²) in [4.78, 5) is 13.9. The molecular formula is C44H29NO. The first-order valence-electron chi connectivity index (χ1n) is 16.1. The Morgan fingerprint density at radius 3 is 1.89 bits per heavy atom. The van der Waals surface area contributed by atoms with Crippen LogP contribution in [0.4, 0.5) is 0 Å². The lowest BCUT2D eigenvalue weighted by atomic mass is 9.83. The second kappa shape index (κ2) is 9.39. The third-order valence-corrected chi connectivity index (χ3v) is 10.3. The van der Waals surface area contributed by atoms with Crippen LogP contribution in [0.1, 0.15) is 18.1 Å². The molecule has 0 aliphatic heterocycles. The Morgan fingerprint density at radius 1 is 0.522 bits per heavy atom. The molecule has 1 atom stereocenters. The molecule has 46 heavy (non-hydrogen) atoms. The van der Waals surface area contributed by atoms with Crippen molar-refractivity contribution < 1.29 is 0 Å². The molecule has 9 aromatic rings. The van der Waals surface area contributed by atoms with Crippen molar-refractivity contribution in [1.29, 1.82) is 0 Å². The zero-order valence-corrected chi connectivity index (χ0v) is 25.4. The van der Waals surface area contributed by atoms with Gasteiger partial charge in [-0.05, 0) is 103 Å². The van der Waals surface area contributed by atoms with Gasteiger partial charge in [0.05, 0.1) is 11.0 Å². The molecule has 1 unspecified atom stereocenters. The number of hydrogen-bond acceptors (Lipinski definition) is 1. The van der Waals surface area contributed by atoms with Crippen molar-refractivity contribution in [3.8, 4) is 22.3 Å². The van der Waals surface area contributed by atoms with Gasteiger partial charge >= 0.3 is 0 Å². The van der Waals surface area contributed by atoms with Crippen molar-refractivity contribution in [2.45, 2.75) is 13.3 Å². The van der Waals surface area contributed by atoms with Crippen LogP contribution >= 0.6 is 0 Å².